The molecule has 2 N–H and O–H groups in total. The van der Waals surface area contributed by atoms with Gasteiger partial charge in [-0.15, -0.1) is 0 Å². The van der Waals surface area contributed by atoms with Crippen molar-refractivity contribution >= 4 is 73.1 Å². The van der Waals surface area contributed by atoms with E-state index in [1.165, 1.54) is 6.08 Å². The lowest BCUT2D eigenvalue weighted by Crippen LogP contribution is -2.54. The number of urea groups is 1. The van der Waals surface area contributed by atoms with Gasteiger partial charge in [0.15, 0.2) is 6.61 Å². The van der Waals surface area contributed by atoms with Crippen LogP contribution in [-0.2, 0) is 14.4 Å². The number of amides is 5. The number of rotatable bonds is 8. The van der Waals surface area contributed by atoms with E-state index >= 15 is 0 Å². The zero-order valence-corrected chi connectivity index (χ0v) is 24.1. The third kappa shape index (κ3) is 6.55. The molecular formula is C28H23Br2N3O6. The van der Waals surface area contributed by atoms with Crippen LogP contribution in [0.5, 0.6) is 11.5 Å². The number of carbonyl (C=O) groups excluding carboxylic acids is 4. The molecule has 5 amide bonds. The Kier molecular flexibility index (Phi) is 8.82. The molecule has 3 aromatic rings. The minimum Gasteiger partial charge on any atom is -0.494 e. The Morgan fingerprint density at radius 3 is 2.31 bits per heavy atom. The first-order valence-corrected chi connectivity index (χ1v) is 13.4. The lowest BCUT2D eigenvalue weighted by atomic mass is 10.1. The summed E-state index contributed by atoms with van der Waals surface area (Å²) >= 11 is 6.84. The van der Waals surface area contributed by atoms with Gasteiger partial charge >= 0.3 is 6.03 Å². The normalized spacial score (nSPS) is 14.3. The first kappa shape index (κ1) is 28.1. The molecule has 11 heteroatoms. The minimum absolute atomic E-state index is 0.228. The number of imide groups is 2. The third-order valence-electron chi connectivity index (χ3n) is 5.61. The zero-order chi connectivity index (χ0) is 28.1. The molecule has 1 saturated heterocycles. The average molecular weight is 657 g/mol. The van der Waals surface area contributed by atoms with Gasteiger partial charge in [-0.25, -0.2) is 9.69 Å². The van der Waals surface area contributed by atoms with Gasteiger partial charge in [-0.2, -0.15) is 0 Å². The number of carbonyl (C=O) groups is 4. The van der Waals surface area contributed by atoms with Crippen molar-refractivity contribution in [1.82, 2.24) is 5.32 Å². The van der Waals surface area contributed by atoms with Gasteiger partial charge in [0.05, 0.1) is 21.2 Å². The fourth-order valence-corrected chi connectivity index (χ4v) is 5.21. The molecule has 0 radical (unpaired) electrons. The summed E-state index contributed by atoms with van der Waals surface area (Å²) in [5.74, 6) is -0.968. The Morgan fingerprint density at radius 1 is 1.00 bits per heavy atom. The summed E-state index contributed by atoms with van der Waals surface area (Å²) in [5, 5.41) is 5.00. The Hall–Kier alpha value is -3.96. The van der Waals surface area contributed by atoms with Gasteiger partial charge < -0.3 is 14.8 Å². The van der Waals surface area contributed by atoms with Crippen molar-refractivity contribution in [3.05, 3.63) is 86.3 Å². The van der Waals surface area contributed by atoms with Crippen LogP contribution in [-0.4, -0.2) is 37.0 Å². The highest BCUT2D eigenvalue weighted by Gasteiger charge is 2.36. The van der Waals surface area contributed by atoms with Gasteiger partial charge in [-0.3, -0.25) is 19.7 Å². The molecule has 200 valence electrons. The summed E-state index contributed by atoms with van der Waals surface area (Å²) in [4.78, 5) is 51.5. The Morgan fingerprint density at radius 2 is 1.67 bits per heavy atom. The van der Waals surface area contributed by atoms with Gasteiger partial charge in [0, 0.05) is 5.69 Å². The number of para-hydroxylation sites is 1. The first-order chi connectivity index (χ1) is 18.7. The molecule has 9 nitrogen and oxygen atoms in total. The number of barbiturate groups is 1. The van der Waals surface area contributed by atoms with E-state index in [4.69, 9.17) is 9.47 Å². The maximum Gasteiger partial charge on any atom is 0.335 e. The van der Waals surface area contributed by atoms with E-state index in [0.29, 0.717) is 38.3 Å². The Bertz CT molecular complexity index is 1460. The first-order valence-electron chi connectivity index (χ1n) is 11.8. The van der Waals surface area contributed by atoms with Crippen LogP contribution >= 0.6 is 31.9 Å². The summed E-state index contributed by atoms with van der Waals surface area (Å²) in [6, 6.07) is 16.2. The van der Waals surface area contributed by atoms with Crippen LogP contribution in [0.3, 0.4) is 0 Å². The third-order valence-corrected chi connectivity index (χ3v) is 6.78. The fourth-order valence-electron chi connectivity index (χ4n) is 3.75. The van der Waals surface area contributed by atoms with Crippen LogP contribution < -0.4 is 25.0 Å². The van der Waals surface area contributed by atoms with E-state index in [0.717, 1.165) is 10.5 Å². The quantitative estimate of drug-likeness (QED) is 0.241. The zero-order valence-electron chi connectivity index (χ0n) is 20.9. The van der Waals surface area contributed by atoms with E-state index in [1.807, 2.05) is 32.0 Å². The van der Waals surface area contributed by atoms with Crippen molar-refractivity contribution in [3.8, 4) is 11.5 Å². The Labute approximate surface area is 241 Å². The van der Waals surface area contributed by atoms with E-state index < -0.39 is 17.8 Å². The van der Waals surface area contributed by atoms with Gasteiger partial charge in [0.2, 0.25) is 0 Å². The average Bonchev–Trinajstić information content (AvgIpc) is 2.88. The van der Waals surface area contributed by atoms with Crippen molar-refractivity contribution < 1.29 is 28.7 Å². The maximum absolute atomic E-state index is 13.2. The van der Waals surface area contributed by atoms with Crippen LogP contribution in [0.4, 0.5) is 16.2 Å². The number of halogens is 2. The van der Waals surface area contributed by atoms with E-state index in [-0.39, 0.29) is 23.8 Å². The molecule has 1 aliphatic rings. The van der Waals surface area contributed by atoms with Crippen molar-refractivity contribution in [2.75, 3.05) is 23.4 Å². The number of anilines is 2. The van der Waals surface area contributed by atoms with Crippen molar-refractivity contribution in [2.45, 2.75) is 13.8 Å². The van der Waals surface area contributed by atoms with Crippen molar-refractivity contribution in [3.63, 3.8) is 0 Å². The molecule has 3 aromatic carbocycles. The number of nitrogens with zero attached hydrogens (tertiary/aromatic N) is 1. The van der Waals surface area contributed by atoms with Gasteiger partial charge in [-0.1, -0.05) is 18.2 Å². The second-order valence-electron chi connectivity index (χ2n) is 8.35. The largest absolute Gasteiger partial charge is 0.494 e. The van der Waals surface area contributed by atoms with E-state index in [9.17, 15) is 19.2 Å². The van der Waals surface area contributed by atoms with Crippen LogP contribution in [0, 0.1) is 6.92 Å². The van der Waals surface area contributed by atoms with E-state index in [1.54, 1.807) is 42.5 Å². The molecule has 39 heavy (non-hydrogen) atoms. The highest BCUT2D eigenvalue weighted by Crippen LogP contribution is 2.36. The molecule has 1 aliphatic heterocycles. The molecule has 0 bridgehead atoms. The van der Waals surface area contributed by atoms with Crippen molar-refractivity contribution in [2.24, 2.45) is 0 Å². The Balaban J connectivity index is 1.51. The molecule has 4 rings (SSSR count). The molecular weight excluding hydrogens is 634 g/mol. The van der Waals surface area contributed by atoms with Crippen LogP contribution in [0.1, 0.15) is 18.1 Å². The maximum atomic E-state index is 13.2. The number of ether oxygens (including phenoxy) is 2. The summed E-state index contributed by atoms with van der Waals surface area (Å²) in [6.07, 6.45) is 1.37. The summed E-state index contributed by atoms with van der Waals surface area (Å²) in [5.41, 5.74) is 2.15. The monoisotopic (exact) mass is 655 g/mol. The van der Waals surface area contributed by atoms with Crippen LogP contribution in [0.15, 0.2) is 75.2 Å². The number of hydrogen-bond donors (Lipinski definition) is 2. The SMILES string of the molecule is CCOc1ccc(N2C(=O)NC(=O)/C(=C\c3cc(Br)c(OCC(=O)Nc4ccccc4C)c(Br)c3)C2=O)cc1. The lowest BCUT2D eigenvalue weighted by molar-refractivity contribution is -0.122. The van der Waals surface area contributed by atoms with E-state index in [2.05, 4.69) is 42.5 Å². The predicted octanol–water partition coefficient (Wildman–Crippen LogP) is 5.60. The molecule has 0 atom stereocenters. The molecule has 0 aliphatic carbocycles. The van der Waals surface area contributed by atoms with Gasteiger partial charge in [0.25, 0.3) is 17.7 Å². The predicted molar refractivity (Wildman–Crippen MR) is 154 cm³/mol. The number of nitrogens with one attached hydrogen (secondary N) is 2. The molecule has 0 aromatic heterocycles. The van der Waals surface area contributed by atoms with Gasteiger partial charge in [0.1, 0.15) is 17.1 Å². The fraction of sp³-hybridized carbons (Fsp3) is 0.143. The second kappa shape index (κ2) is 12.3. The number of hydrogen-bond acceptors (Lipinski definition) is 6. The minimum atomic E-state index is -0.846. The smallest absolute Gasteiger partial charge is 0.335 e. The summed E-state index contributed by atoms with van der Waals surface area (Å²) in [7, 11) is 0. The van der Waals surface area contributed by atoms with Crippen molar-refractivity contribution in [1.29, 1.82) is 0 Å². The lowest BCUT2D eigenvalue weighted by Gasteiger charge is -2.26. The molecule has 1 heterocycles. The molecule has 0 unspecified atom stereocenters. The summed E-state index contributed by atoms with van der Waals surface area (Å²) < 4.78 is 12.1. The summed E-state index contributed by atoms with van der Waals surface area (Å²) in [6.45, 7) is 3.96. The van der Waals surface area contributed by atoms with Gasteiger partial charge in [-0.05, 0) is 105 Å². The highest BCUT2D eigenvalue weighted by molar-refractivity contribution is 9.11. The number of benzene rings is 3. The van der Waals surface area contributed by atoms with Crippen LogP contribution in [0.25, 0.3) is 6.08 Å². The standard InChI is InChI=1S/C28H23Br2N3O6/c1-3-38-19-10-8-18(9-11-19)33-27(36)20(26(35)32-28(33)37)12-17-13-21(29)25(22(30)14-17)39-15-24(34)31-23-7-5-4-6-16(23)2/h4-14H,3,15H2,1-2H3,(H,31,34)(H,32,35,37)/b20-12+. The second-order valence-corrected chi connectivity index (χ2v) is 10.1. The molecule has 0 saturated carbocycles. The molecule has 0 spiro atoms. The molecule has 1 fully saturated rings. The topological polar surface area (TPSA) is 114 Å². The highest BCUT2D eigenvalue weighted by atomic mass is 79.9. The number of aryl methyl sites for hydroxylation is 1. The van der Waals surface area contributed by atoms with Crippen LogP contribution in [0.2, 0.25) is 0 Å².